The number of aliphatic hydroxyl groups excluding tert-OH is 1. The molecule has 1 aromatic rings. The molecule has 3 nitrogen and oxygen atoms in total. The Kier molecular flexibility index (Phi) is 6.12. The minimum atomic E-state index is -0.405. The van der Waals surface area contributed by atoms with Crippen LogP contribution in [0.4, 0.5) is 0 Å². The molecule has 0 fully saturated rings. The van der Waals surface area contributed by atoms with E-state index in [2.05, 4.69) is 38.2 Å². The molecule has 1 aromatic heterocycles. The summed E-state index contributed by atoms with van der Waals surface area (Å²) in [5, 5.41) is 15.8. The van der Waals surface area contributed by atoms with Crippen LogP contribution in [0.2, 0.25) is 0 Å². The number of aliphatic hydroxyl groups is 1. The zero-order valence-electron chi connectivity index (χ0n) is 11.2. The highest BCUT2D eigenvalue weighted by Gasteiger charge is 2.24. The average Bonchev–Trinajstić information content (AvgIpc) is 2.75. The minimum absolute atomic E-state index is 0.119. The zero-order chi connectivity index (χ0) is 12.8. The lowest BCUT2D eigenvalue weighted by atomic mass is 9.97. The molecule has 2 N–H and O–H groups in total. The van der Waals surface area contributed by atoms with Crippen molar-refractivity contribution in [2.24, 2.45) is 5.92 Å². The maximum absolute atomic E-state index is 10.3. The number of nitrogens with one attached hydrogen (secondary N) is 1. The van der Waals surface area contributed by atoms with Gasteiger partial charge in [0.2, 0.25) is 0 Å². The summed E-state index contributed by atoms with van der Waals surface area (Å²) in [5.41, 5.74) is 0. The van der Waals surface area contributed by atoms with E-state index < -0.39 is 6.10 Å². The first-order valence-corrected chi connectivity index (χ1v) is 7.00. The van der Waals surface area contributed by atoms with Gasteiger partial charge in [0.25, 0.3) is 0 Å². The summed E-state index contributed by atoms with van der Waals surface area (Å²) in [5.74, 6) is 0.411. The van der Waals surface area contributed by atoms with Crippen LogP contribution in [-0.2, 0) is 0 Å². The predicted molar refractivity (Wildman–Crippen MR) is 74.5 cm³/mol. The van der Waals surface area contributed by atoms with Gasteiger partial charge < -0.3 is 15.3 Å². The number of nitrogens with zero attached hydrogens (tertiary/aromatic N) is 1. The van der Waals surface area contributed by atoms with E-state index in [9.17, 15) is 5.11 Å². The molecule has 0 saturated carbocycles. The Bertz CT molecular complexity index is 298. The molecule has 1 rings (SSSR count). The lowest BCUT2D eigenvalue weighted by Crippen LogP contribution is -2.42. The number of hydrogen-bond acceptors (Lipinski definition) is 4. The molecule has 0 aliphatic rings. The molecule has 0 radical (unpaired) electrons. The van der Waals surface area contributed by atoms with Crippen molar-refractivity contribution in [2.45, 2.75) is 26.0 Å². The Labute approximate surface area is 108 Å². The van der Waals surface area contributed by atoms with Gasteiger partial charge in [0.15, 0.2) is 0 Å². The van der Waals surface area contributed by atoms with Crippen LogP contribution < -0.4 is 5.32 Å². The third-order valence-corrected chi connectivity index (χ3v) is 3.78. The van der Waals surface area contributed by atoms with Crippen LogP contribution in [0.25, 0.3) is 0 Å². The van der Waals surface area contributed by atoms with Gasteiger partial charge in [-0.3, -0.25) is 0 Å². The van der Waals surface area contributed by atoms with Crippen molar-refractivity contribution in [3.8, 4) is 0 Å². The van der Waals surface area contributed by atoms with Gasteiger partial charge in [-0.05, 0) is 31.5 Å². The lowest BCUT2D eigenvalue weighted by Gasteiger charge is -2.27. The molecule has 0 spiro atoms. The SMILES string of the molecule is CC(C)C(NCCN(C)C)C(O)c1cccs1. The molecular formula is C13H24N2OS. The summed E-state index contributed by atoms with van der Waals surface area (Å²) in [6.45, 7) is 6.17. The predicted octanol–water partition coefficient (Wildman–Crippen LogP) is 1.96. The highest BCUT2D eigenvalue weighted by Crippen LogP contribution is 2.25. The van der Waals surface area contributed by atoms with Gasteiger partial charge >= 0.3 is 0 Å². The van der Waals surface area contributed by atoms with Crippen molar-refractivity contribution in [3.63, 3.8) is 0 Å². The number of likely N-dealkylation sites (N-methyl/N-ethyl adjacent to an activating group) is 1. The summed E-state index contributed by atoms with van der Waals surface area (Å²) in [7, 11) is 4.11. The Morgan fingerprint density at radius 2 is 2.12 bits per heavy atom. The number of hydrogen-bond donors (Lipinski definition) is 2. The van der Waals surface area contributed by atoms with Gasteiger partial charge in [0.1, 0.15) is 6.10 Å². The third kappa shape index (κ3) is 4.76. The van der Waals surface area contributed by atoms with Crippen molar-refractivity contribution >= 4 is 11.3 Å². The van der Waals surface area contributed by atoms with Gasteiger partial charge in [0.05, 0.1) is 0 Å². The second-order valence-corrected chi connectivity index (χ2v) is 5.97. The Morgan fingerprint density at radius 3 is 2.59 bits per heavy atom. The van der Waals surface area contributed by atoms with Crippen LogP contribution in [0, 0.1) is 5.92 Å². The summed E-state index contributed by atoms with van der Waals surface area (Å²) in [4.78, 5) is 3.18. The molecule has 0 saturated heterocycles. The van der Waals surface area contributed by atoms with E-state index in [1.807, 2.05) is 17.5 Å². The van der Waals surface area contributed by atoms with Crippen molar-refractivity contribution < 1.29 is 5.11 Å². The molecule has 0 aliphatic heterocycles. The zero-order valence-corrected chi connectivity index (χ0v) is 12.0. The summed E-state index contributed by atoms with van der Waals surface area (Å²) in [6, 6.07) is 4.10. The van der Waals surface area contributed by atoms with E-state index in [1.165, 1.54) is 0 Å². The van der Waals surface area contributed by atoms with Crippen molar-refractivity contribution in [1.82, 2.24) is 10.2 Å². The number of thiophene rings is 1. The second kappa shape index (κ2) is 7.11. The van der Waals surface area contributed by atoms with E-state index in [1.54, 1.807) is 11.3 Å². The van der Waals surface area contributed by atoms with Crippen LogP contribution in [0.3, 0.4) is 0 Å². The quantitative estimate of drug-likeness (QED) is 0.783. The first-order valence-electron chi connectivity index (χ1n) is 6.12. The molecular weight excluding hydrogens is 232 g/mol. The standard InChI is InChI=1S/C13H24N2OS/c1-10(2)12(14-7-8-15(3)4)13(16)11-6-5-9-17-11/h5-6,9-10,12-14,16H,7-8H2,1-4H3. The second-order valence-electron chi connectivity index (χ2n) is 4.99. The van der Waals surface area contributed by atoms with Crippen LogP contribution in [0.1, 0.15) is 24.8 Å². The molecule has 98 valence electrons. The summed E-state index contributed by atoms with van der Waals surface area (Å²) >= 11 is 1.62. The molecule has 1 heterocycles. The fourth-order valence-corrected chi connectivity index (χ4v) is 2.56. The van der Waals surface area contributed by atoms with Crippen LogP contribution in [-0.4, -0.2) is 43.2 Å². The summed E-state index contributed by atoms with van der Waals surface area (Å²) in [6.07, 6.45) is -0.405. The molecule has 2 unspecified atom stereocenters. The van der Waals surface area contributed by atoms with Gasteiger partial charge in [-0.25, -0.2) is 0 Å². The molecule has 2 atom stereocenters. The van der Waals surface area contributed by atoms with Crippen molar-refractivity contribution in [3.05, 3.63) is 22.4 Å². The number of rotatable bonds is 7. The Balaban J connectivity index is 2.53. The van der Waals surface area contributed by atoms with Gasteiger partial charge in [0, 0.05) is 24.0 Å². The maximum Gasteiger partial charge on any atom is 0.104 e. The maximum atomic E-state index is 10.3. The van der Waals surface area contributed by atoms with Gasteiger partial charge in [-0.15, -0.1) is 11.3 Å². The molecule has 0 aliphatic carbocycles. The molecule has 0 aromatic carbocycles. The monoisotopic (exact) mass is 256 g/mol. The minimum Gasteiger partial charge on any atom is -0.386 e. The van der Waals surface area contributed by atoms with Crippen molar-refractivity contribution in [1.29, 1.82) is 0 Å². The first kappa shape index (κ1) is 14.6. The third-order valence-electron chi connectivity index (χ3n) is 2.83. The van der Waals surface area contributed by atoms with Gasteiger partial charge in [-0.1, -0.05) is 19.9 Å². The van der Waals surface area contributed by atoms with E-state index in [-0.39, 0.29) is 6.04 Å². The molecule has 0 bridgehead atoms. The Morgan fingerprint density at radius 1 is 1.41 bits per heavy atom. The fourth-order valence-electron chi connectivity index (χ4n) is 1.80. The summed E-state index contributed by atoms with van der Waals surface area (Å²) < 4.78 is 0. The highest BCUT2D eigenvalue weighted by atomic mass is 32.1. The Hall–Kier alpha value is -0.420. The smallest absolute Gasteiger partial charge is 0.104 e. The molecule has 17 heavy (non-hydrogen) atoms. The lowest BCUT2D eigenvalue weighted by molar-refractivity contribution is 0.107. The average molecular weight is 256 g/mol. The van der Waals surface area contributed by atoms with Crippen LogP contribution in [0.15, 0.2) is 17.5 Å². The molecule has 0 amide bonds. The van der Waals surface area contributed by atoms with Crippen LogP contribution >= 0.6 is 11.3 Å². The van der Waals surface area contributed by atoms with Crippen LogP contribution in [0.5, 0.6) is 0 Å². The van der Waals surface area contributed by atoms with Gasteiger partial charge in [-0.2, -0.15) is 0 Å². The largest absolute Gasteiger partial charge is 0.386 e. The van der Waals surface area contributed by atoms with E-state index >= 15 is 0 Å². The first-order chi connectivity index (χ1) is 8.02. The highest BCUT2D eigenvalue weighted by molar-refractivity contribution is 7.10. The topological polar surface area (TPSA) is 35.5 Å². The fraction of sp³-hybridized carbons (Fsp3) is 0.692. The van der Waals surface area contributed by atoms with E-state index in [4.69, 9.17) is 0 Å². The normalized spacial score (nSPS) is 15.5. The van der Waals surface area contributed by atoms with Crippen molar-refractivity contribution in [2.75, 3.05) is 27.2 Å². The van der Waals surface area contributed by atoms with E-state index in [0.29, 0.717) is 5.92 Å². The molecule has 4 heteroatoms. The van der Waals surface area contributed by atoms with E-state index in [0.717, 1.165) is 18.0 Å².